The number of methoxy groups -OCH3 is 1. The molecule has 1 unspecified atom stereocenters. The molecule has 0 spiro atoms. The summed E-state index contributed by atoms with van der Waals surface area (Å²) in [6.45, 7) is 11.7. The lowest BCUT2D eigenvalue weighted by Gasteiger charge is -2.26. The molecule has 1 N–H and O–H groups in total. The van der Waals surface area contributed by atoms with Gasteiger partial charge in [-0.2, -0.15) is 0 Å². The van der Waals surface area contributed by atoms with Gasteiger partial charge < -0.3 is 19.7 Å². The molecule has 0 aliphatic carbocycles. The van der Waals surface area contributed by atoms with E-state index >= 15 is 0 Å². The Kier molecular flexibility index (Phi) is 8.51. The molecule has 0 radical (unpaired) electrons. The van der Waals surface area contributed by atoms with Crippen molar-refractivity contribution in [1.82, 2.24) is 10.2 Å². The second kappa shape index (κ2) is 10.6. The highest BCUT2D eigenvalue weighted by Crippen LogP contribution is 2.24. The van der Waals surface area contributed by atoms with Crippen LogP contribution in [0.5, 0.6) is 0 Å². The van der Waals surface area contributed by atoms with Gasteiger partial charge in [-0.3, -0.25) is 4.99 Å². The van der Waals surface area contributed by atoms with Gasteiger partial charge in [0.05, 0.1) is 26.4 Å². The molecule has 1 aliphatic rings. The first-order valence-electron chi connectivity index (χ1n) is 9.82. The van der Waals surface area contributed by atoms with Gasteiger partial charge in [0.1, 0.15) is 5.82 Å². The fourth-order valence-corrected chi connectivity index (χ4v) is 3.25. The summed E-state index contributed by atoms with van der Waals surface area (Å²) < 4.78 is 24.3. The minimum absolute atomic E-state index is 0.202. The van der Waals surface area contributed by atoms with E-state index in [-0.39, 0.29) is 11.2 Å². The Morgan fingerprint density at radius 2 is 2.19 bits per heavy atom. The Morgan fingerprint density at radius 3 is 2.89 bits per heavy atom. The zero-order valence-electron chi connectivity index (χ0n) is 17.1. The highest BCUT2D eigenvalue weighted by molar-refractivity contribution is 5.80. The number of benzene rings is 1. The number of rotatable bonds is 9. The van der Waals surface area contributed by atoms with E-state index in [4.69, 9.17) is 14.5 Å². The summed E-state index contributed by atoms with van der Waals surface area (Å²) in [5.74, 6) is 1.25. The van der Waals surface area contributed by atoms with Gasteiger partial charge in [0, 0.05) is 38.1 Å². The van der Waals surface area contributed by atoms with Crippen molar-refractivity contribution in [3.63, 3.8) is 0 Å². The molecule has 2 rings (SSSR count). The molecule has 1 heterocycles. The van der Waals surface area contributed by atoms with Crippen LogP contribution in [0.25, 0.3) is 0 Å². The maximum atomic E-state index is 13.6. The third-order valence-electron chi connectivity index (χ3n) is 4.94. The molecule has 6 heteroatoms. The molecule has 1 aliphatic heterocycles. The lowest BCUT2D eigenvalue weighted by Crippen LogP contribution is -2.41. The fourth-order valence-electron chi connectivity index (χ4n) is 3.25. The molecule has 0 bridgehead atoms. The largest absolute Gasteiger partial charge is 0.382 e. The average molecular weight is 380 g/mol. The Hall–Kier alpha value is -1.66. The maximum Gasteiger partial charge on any atom is 0.193 e. The van der Waals surface area contributed by atoms with E-state index in [0.29, 0.717) is 25.7 Å². The van der Waals surface area contributed by atoms with Crippen molar-refractivity contribution >= 4 is 5.96 Å². The molecule has 1 saturated heterocycles. The number of aliphatic imine (C=N–C) groups is 1. The van der Waals surface area contributed by atoms with Crippen molar-refractivity contribution in [2.24, 2.45) is 10.9 Å². The molecule has 1 aromatic rings. The van der Waals surface area contributed by atoms with Gasteiger partial charge in [0.2, 0.25) is 0 Å². The molecule has 0 aromatic heterocycles. The number of nitrogens with one attached hydrogen (secondary N) is 1. The predicted octanol–water partition coefficient (Wildman–Crippen LogP) is 3.05. The summed E-state index contributed by atoms with van der Waals surface area (Å²) in [7, 11) is 1.69. The SMILES string of the molecule is CCNC(=NCC(C)(C)c1cccc(F)c1)N1CCC(COCCOC)C1. The van der Waals surface area contributed by atoms with Crippen LogP contribution in [0.3, 0.4) is 0 Å². The minimum Gasteiger partial charge on any atom is -0.382 e. The minimum atomic E-state index is -0.231. The van der Waals surface area contributed by atoms with Gasteiger partial charge >= 0.3 is 0 Å². The monoisotopic (exact) mass is 379 g/mol. The molecular weight excluding hydrogens is 345 g/mol. The van der Waals surface area contributed by atoms with E-state index in [9.17, 15) is 4.39 Å². The number of hydrogen-bond donors (Lipinski definition) is 1. The van der Waals surface area contributed by atoms with E-state index in [2.05, 4.69) is 31.0 Å². The fraction of sp³-hybridized carbons (Fsp3) is 0.667. The molecule has 1 atom stereocenters. The number of nitrogens with zero attached hydrogens (tertiary/aromatic N) is 2. The van der Waals surface area contributed by atoms with Crippen LogP contribution in [-0.4, -0.2) is 64.0 Å². The number of likely N-dealkylation sites (tertiary alicyclic amines) is 1. The van der Waals surface area contributed by atoms with Crippen LogP contribution >= 0.6 is 0 Å². The normalized spacial score (nSPS) is 18.2. The molecule has 5 nitrogen and oxygen atoms in total. The van der Waals surface area contributed by atoms with Crippen molar-refractivity contribution in [2.75, 3.05) is 53.1 Å². The van der Waals surface area contributed by atoms with Gasteiger partial charge in [0.15, 0.2) is 5.96 Å². The average Bonchev–Trinajstić information content (AvgIpc) is 3.11. The Morgan fingerprint density at radius 1 is 1.37 bits per heavy atom. The summed E-state index contributed by atoms with van der Waals surface area (Å²) in [4.78, 5) is 7.17. The first kappa shape index (κ1) is 21.6. The highest BCUT2D eigenvalue weighted by Gasteiger charge is 2.26. The van der Waals surface area contributed by atoms with Crippen LogP contribution < -0.4 is 5.32 Å². The molecule has 0 amide bonds. The van der Waals surface area contributed by atoms with E-state index in [0.717, 1.165) is 44.2 Å². The van der Waals surface area contributed by atoms with Crippen molar-refractivity contribution in [2.45, 2.75) is 32.6 Å². The second-order valence-electron chi connectivity index (χ2n) is 7.73. The van der Waals surface area contributed by atoms with Crippen LogP contribution in [-0.2, 0) is 14.9 Å². The van der Waals surface area contributed by atoms with Gasteiger partial charge in [-0.05, 0) is 31.0 Å². The lowest BCUT2D eigenvalue weighted by atomic mass is 9.85. The zero-order chi connectivity index (χ0) is 19.7. The number of halogens is 1. The standard InChI is InChI=1S/C21H34FN3O2/c1-5-23-20(25-10-9-17(14-25)15-27-12-11-26-4)24-16-21(2,3)18-7-6-8-19(22)13-18/h6-8,13,17H,5,9-12,14-16H2,1-4H3,(H,23,24). The van der Waals surface area contributed by atoms with E-state index < -0.39 is 0 Å². The Labute approximate surface area is 162 Å². The van der Waals surface area contributed by atoms with E-state index in [1.54, 1.807) is 19.2 Å². The first-order chi connectivity index (χ1) is 13.0. The van der Waals surface area contributed by atoms with Crippen molar-refractivity contribution in [3.05, 3.63) is 35.6 Å². The molecule has 152 valence electrons. The van der Waals surface area contributed by atoms with Crippen molar-refractivity contribution < 1.29 is 13.9 Å². The summed E-state index contributed by atoms with van der Waals surface area (Å²) in [6.07, 6.45) is 1.10. The zero-order valence-corrected chi connectivity index (χ0v) is 17.1. The Bertz CT molecular complexity index is 607. The van der Waals surface area contributed by atoms with Crippen molar-refractivity contribution in [1.29, 1.82) is 0 Å². The summed E-state index contributed by atoms with van der Waals surface area (Å²) in [5, 5.41) is 3.40. The van der Waals surface area contributed by atoms with Crippen LogP contribution in [0.1, 0.15) is 32.8 Å². The van der Waals surface area contributed by atoms with Crippen LogP contribution in [0, 0.1) is 11.7 Å². The van der Waals surface area contributed by atoms with Crippen LogP contribution in [0.2, 0.25) is 0 Å². The summed E-state index contributed by atoms with van der Waals surface area (Å²) in [5.41, 5.74) is 0.735. The van der Waals surface area contributed by atoms with Gasteiger partial charge in [-0.15, -0.1) is 0 Å². The molecule has 0 saturated carbocycles. The molecule has 27 heavy (non-hydrogen) atoms. The van der Waals surface area contributed by atoms with Gasteiger partial charge in [0.25, 0.3) is 0 Å². The quantitative estimate of drug-likeness (QED) is 0.407. The van der Waals surface area contributed by atoms with Gasteiger partial charge in [-0.25, -0.2) is 4.39 Å². The van der Waals surface area contributed by atoms with Crippen LogP contribution in [0.4, 0.5) is 4.39 Å². The number of ether oxygens (including phenoxy) is 2. The molecule has 1 aromatic carbocycles. The predicted molar refractivity (Wildman–Crippen MR) is 108 cm³/mol. The summed E-state index contributed by atoms with van der Waals surface area (Å²) in [6, 6.07) is 6.81. The lowest BCUT2D eigenvalue weighted by molar-refractivity contribution is 0.0536. The van der Waals surface area contributed by atoms with E-state index in [1.165, 1.54) is 6.07 Å². The van der Waals surface area contributed by atoms with Crippen LogP contribution in [0.15, 0.2) is 29.3 Å². The smallest absolute Gasteiger partial charge is 0.193 e. The van der Waals surface area contributed by atoms with Gasteiger partial charge in [-0.1, -0.05) is 26.0 Å². The summed E-state index contributed by atoms with van der Waals surface area (Å²) >= 11 is 0. The third-order valence-corrected chi connectivity index (χ3v) is 4.94. The maximum absolute atomic E-state index is 13.6. The Balaban J connectivity index is 1.96. The topological polar surface area (TPSA) is 46.1 Å². The highest BCUT2D eigenvalue weighted by atomic mass is 19.1. The molecule has 1 fully saturated rings. The first-order valence-corrected chi connectivity index (χ1v) is 9.82. The van der Waals surface area contributed by atoms with E-state index in [1.807, 2.05) is 6.07 Å². The third kappa shape index (κ3) is 6.78. The number of hydrogen-bond acceptors (Lipinski definition) is 3. The second-order valence-corrected chi connectivity index (χ2v) is 7.73. The molecular formula is C21H34FN3O2. The number of guanidine groups is 1. The van der Waals surface area contributed by atoms with Crippen molar-refractivity contribution in [3.8, 4) is 0 Å².